The third kappa shape index (κ3) is 8.89. The number of pyridine rings is 1. The van der Waals surface area contributed by atoms with Crippen molar-refractivity contribution in [2.75, 3.05) is 26.7 Å². The van der Waals surface area contributed by atoms with E-state index in [9.17, 15) is 4.79 Å². The van der Waals surface area contributed by atoms with Crippen LogP contribution in [0.4, 0.5) is 0 Å². The molecule has 0 unspecified atom stereocenters. The Morgan fingerprint density at radius 3 is 2.72 bits per heavy atom. The zero-order valence-electron chi connectivity index (χ0n) is 17.6. The second kappa shape index (κ2) is 14.0. The fraction of sp³-hybridized carbons (Fsp3) is 0.455. The fourth-order valence-electron chi connectivity index (χ4n) is 2.99. The van der Waals surface area contributed by atoms with Gasteiger partial charge in [-0.15, -0.1) is 24.0 Å². The highest BCUT2D eigenvalue weighted by Gasteiger charge is 2.04. The SMILES string of the molecule is CCNC(=NCCCCn1ccccc1=O)NCCc1cc(C)ccc1OC.I. The number of hydrogen-bond acceptors (Lipinski definition) is 3. The molecule has 1 aromatic heterocycles. The third-order valence-electron chi connectivity index (χ3n) is 4.44. The number of rotatable bonds is 10. The zero-order valence-corrected chi connectivity index (χ0v) is 19.9. The summed E-state index contributed by atoms with van der Waals surface area (Å²) in [5.41, 5.74) is 2.47. The molecular weight excluding hydrogens is 479 g/mol. The zero-order chi connectivity index (χ0) is 20.2. The number of aromatic nitrogens is 1. The van der Waals surface area contributed by atoms with E-state index >= 15 is 0 Å². The van der Waals surface area contributed by atoms with Gasteiger partial charge in [0.05, 0.1) is 7.11 Å². The Labute approximate surface area is 190 Å². The number of guanidine groups is 1. The smallest absolute Gasteiger partial charge is 0.250 e. The first-order valence-electron chi connectivity index (χ1n) is 9.95. The molecule has 0 atom stereocenters. The van der Waals surface area contributed by atoms with Crippen molar-refractivity contribution in [2.45, 2.75) is 39.7 Å². The van der Waals surface area contributed by atoms with Gasteiger partial charge in [0.25, 0.3) is 0 Å². The second-order valence-corrected chi connectivity index (χ2v) is 6.69. The van der Waals surface area contributed by atoms with E-state index in [-0.39, 0.29) is 29.5 Å². The molecule has 1 aromatic carbocycles. The Morgan fingerprint density at radius 2 is 2.00 bits per heavy atom. The van der Waals surface area contributed by atoms with Crippen LogP contribution in [0.3, 0.4) is 0 Å². The molecule has 0 aliphatic carbocycles. The van der Waals surface area contributed by atoms with Crippen LogP contribution >= 0.6 is 24.0 Å². The lowest BCUT2D eigenvalue weighted by Gasteiger charge is -2.13. The minimum absolute atomic E-state index is 0. The van der Waals surface area contributed by atoms with Crippen molar-refractivity contribution < 1.29 is 4.74 Å². The Balaban J connectivity index is 0.00000420. The highest BCUT2D eigenvalue weighted by atomic mass is 127. The maximum Gasteiger partial charge on any atom is 0.250 e. The molecule has 0 aliphatic rings. The molecule has 2 N–H and O–H groups in total. The predicted molar refractivity (Wildman–Crippen MR) is 131 cm³/mol. The molecule has 7 heteroatoms. The van der Waals surface area contributed by atoms with Crippen molar-refractivity contribution in [2.24, 2.45) is 4.99 Å². The highest BCUT2D eigenvalue weighted by Crippen LogP contribution is 2.19. The summed E-state index contributed by atoms with van der Waals surface area (Å²) in [6.07, 6.45) is 4.56. The molecule has 0 spiro atoms. The second-order valence-electron chi connectivity index (χ2n) is 6.69. The van der Waals surface area contributed by atoms with E-state index in [1.54, 1.807) is 23.8 Å². The molecule has 0 radical (unpaired) electrons. The molecule has 0 amide bonds. The van der Waals surface area contributed by atoms with Crippen molar-refractivity contribution >= 4 is 29.9 Å². The number of halogens is 1. The monoisotopic (exact) mass is 512 g/mol. The van der Waals surface area contributed by atoms with E-state index in [4.69, 9.17) is 4.74 Å². The van der Waals surface area contributed by atoms with Crippen LogP contribution in [0.5, 0.6) is 5.75 Å². The van der Waals surface area contributed by atoms with Gasteiger partial charge in [0.15, 0.2) is 5.96 Å². The molecule has 2 rings (SSSR count). The van der Waals surface area contributed by atoms with Crippen LogP contribution in [0.1, 0.15) is 30.9 Å². The third-order valence-corrected chi connectivity index (χ3v) is 4.44. The van der Waals surface area contributed by atoms with Gasteiger partial charge in [0, 0.05) is 38.4 Å². The van der Waals surface area contributed by atoms with Crippen LogP contribution < -0.4 is 20.9 Å². The summed E-state index contributed by atoms with van der Waals surface area (Å²) >= 11 is 0. The summed E-state index contributed by atoms with van der Waals surface area (Å²) in [5.74, 6) is 1.75. The average Bonchev–Trinajstić information content (AvgIpc) is 2.69. The lowest BCUT2D eigenvalue weighted by atomic mass is 10.1. The van der Waals surface area contributed by atoms with Gasteiger partial charge in [-0.1, -0.05) is 23.8 Å². The van der Waals surface area contributed by atoms with Crippen LogP contribution in [0, 0.1) is 6.92 Å². The maximum absolute atomic E-state index is 11.7. The van der Waals surface area contributed by atoms with Crippen LogP contribution in [0.2, 0.25) is 0 Å². The molecule has 0 fully saturated rings. The van der Waals surface area contributed by atoms with Crippen molar-refractivity contribution in [1.82, 2.24) is 15.2 Å². The quantitative estimate of drug-likeness (QED) is 0.222. The van der Waals surface area contributed by atoms with Crippen molar-refractivity contribution in [1.29, 1.82) is 0 Å². The Hall–Kier alpha value is -2.03. The number of nitrogens with one attached hydrogen (secondary N) is 2. The average molecular weight is 512 g/mol. The number of aryl methyl sites for hydroxylation is 2. The van der Waals surface area contributed by atoms with Gasteiger partial charge in [-0.2, -0.15) is 0 Å². The number of nitrogens with zero attached hydrogens (tertiary/aromatic N) is 2. The number of methoxy groups -OCH3 is 1. The van der Waals surface area contributed by atoms with E-state index in [1.807, 2.05) is 18.3 Å². The first kappa shape index (κ1) is 25.0. The minimum Gasteiger partial charge on any atom is -0.496 e. The van der Waals surface area contributed by atoms with Crippen molar-refractivity contribution in [3.8, 4) is 5.75 Å². The first-order valence-corrected chi connectivity index (χ1v) is 9.95. The molecule has 160 valence electrons. The molecule has 0 bridgehead atoms. The standard InChI is InChI=1S/C22H32N4O2.HI/c1-4-23-22(24-13-6-8-16-26-15-7-5-9-21(26)27)25-14-12-19-17-18(2)10-11-20(19)28-3;/h5,7,9-11,15,17H,4,6,8,12-14,16H2,1-3H3,(H2,23,24,25);1H. The van der Waals surface area contributed by atoms with E-state index < -0.39 is 0 Å². The van der Waals surface area contributed by atoms with E-state index in [1.165, 1.54) is 11.1 Å². The largest absolute Gasteiger partial charge is 0.496 e. The minimum atomic E-state index is 0. The molecule has 1 heterocycles. The van der Waals surface area contributed by atoms with Gasteiger partial charge in [0.2, 0.25) is 5.56 Å². The molecule has 2 aromatic rings. The van der Waals surface area contributed by atoms with Crippen LogP contribution in [0.15, 0.2) is 52.4 Å². The van der Waals surface area contributed by atoms with Crippen LogP contribution in [0.25, 0.3) is 0 Å². The summed E-state index contributed by atoms with van der Waals surface area (Å²) in [4.78, 5) is 16.3. The Morgan fingerprint density at radius 1 is 1.17 bits per heavy atom. The topological polar surface area (TPSA) is 67.7 Å². The Bertz CT molecular complexity index is 820. The Kier molecular flexibility index (Phi) is 12.1. The van der Waals surface area contributed by atoms with Crippen LogP contribution in [-0.4, -0.2) is 37.3 Å². The highest BCUT2D eigenvalue weighted by molar-refractivity contribution is 14.0. The normalized spacial score (nSPS) is 10.9. The number of ether oxygens (including phenoxy) is 1. The molecule has 0 saturated carbocycles. The summed E-state index contributed by atoms with van der Waals surface area (Å²) in [6, 6.07) is 11.5. The van der Waals surface area contributed by atoms with E-state index in [2.05, 4.69) is 41.6 Å². The molecular formula is C22H33IN4O2. The fourth-order valence-corrected chi connectivity index (χ4v) is 2.99. The molecule has 29 heavy (non-hydrogen) atoms. The number of unbranched alkanes of at least 4 members (excludes halogenated alkanes) is 1. The summed E-state index contributed by atoms with van der Waals surface area (Å²) < 4.78 is 7.18. The van der Waals surface area contributed by atoms with Gasteiger partial charge in [0.1, 0.15) is 5.75 Å². The van der Waals surface area contributed by atoms with E-state index in [0.29, 0.717) is 0 Å². The van der Waals surface area contributed by atoms with Gasteiger partial charge < -0.3 is 19.9 Å². The molecule has 0 aliphatic heterocycles. The van der Waals surface area contributed by atoms with Gasteiger partial charge >= 0.3 is 0 Å². The van der Waals surface area contributed by atoms with Crippen molar-refractivity contribution in [3.63, 3.8) is 0 Å². The van der Waals surface area contributed by atoms with Gasteiger partial charge in [-0.3, -0.25) is 9.79 Å². The van der Waals surface area contributed by atoms with Crippen molar-refractivity contribution in [3.05, 3.63) is 64.1 Å². The summed E-state index contributed by atoms with van der Waals surface area (Å²) in [7, 11) is 1.71. The number of aliphatic imine (C=N–C) groups is 1. The number of hydrogen-bond donors (Lipinski definition) is 2. The first-order chi connectivity index (χ1) is 13.6. The molecule has 0 saturated heterocycles. The lowest BCUT2D eigenvalue weighted by molar-refractivity contribution is 0.409. The lowest BCUT2D eigenvalue weighted by Crippen LogP contribution is -2.38. The van der Waals surface area contributed by atoms with Gasteiger partial charge in [-0.05, 0) is 50.8 Å². The summed E-state index contributed by atoms with van der Waals surface area (Å²) in [5, 5.41) is 6.66. The maximum atomic E-state index is 11.7. The van der Waals surface area contributed by atoms with Crippen LogP contribution in [-0.2, 0) is 13.0 Å². The number of benzene rings is 1. The summed E-state index contributed by atoms with van der Waals surface area (Å²) in [6.45, 7) is 7.20. The van der Waals surface area contributed by atoms with E-state index in [0.717, 1.165) is 57.2 Å². The van der Waals surface area contributed by atoms with Gasteiger partial charge in [-0.25, -0.2) is 0 Å². The predicted octanol–water partition coefficient (Wildman–Crippen LogP) is 3.36. The molecule has 6 nitrogen and oxygen atoms in total.